The third-order valence-electron chi connectivity index (χ3n) is 7.27. The summed E-state index contributed by atoms with van der Waals surface area (Å²) in [6.07, 6.45) is 4.07. The number of para-hydroxylation sites is 1. The Bertz CT molecular complexity index is 1950. The highest BCUT2D eigenvalue weighted by atomic mass is 32.2. The van der Waals surface area contributed by atoms with Crippen molar-refractivity contribution in [2.45, 2.75) is 9.79 Å². The molecule has 7 aromatic rings. The van der Waals surface area contributed by atoms with Gasteiger partial charge in [-0.1, -0.05) is 90.6 Å². The van der Waals surface area contributed by atoms with Crippen LogP contribution in [0, 0.1) is 0 Å². The van der Waals surface area contributed by atoms with E-state index in [4.69, 9.17) is 4.98 Å². The monoisotopic (exact) mass is 476 g/mol. The maximum absolute atomic E-state index is 4.74. The minimum Gasteiger partial charge on any atom is -0.309 e. The number of fused-ring (bicyclic) bond motifs is 6. The van der Waals surface area contributed by atoms with Crippen LogP contribution in [0.4, 0.5) is 0 Å². The predicted molar refractivity (Wildman–Crippen MR) is 151 cm³/mol. The van der Waals surface area contributed by atoms with E-state index in [1.165, 1.54) is 64.6 Å². The molecule has 0 spiro atoms. The van der Waals surface area contributed by atoms with E-state index in [1.807, 2.05) is 24.2 Å². The van der Waals surface area contributed by atoms with E-state index in [2.05, 4.69) is 114 Å². The molecule has 8 rings (SSSR count). The molecule has 2 nitrogen and oxygen atoms in total. The summed E-state index contributed by atoms with van der Waals surface area (Å²) >= 11 is 1.87. The quantitative estimate of drug-likeness (QED) is 0.247. The van der Waals surface area contributed by atoms with Crippen LogP contribution in [-0.2, 0) is 0 Å². The molecule has 2 aromatic heterocycles. The molecule has 0 N–H and O–H groups in total. The zero-order chi connectivity index (χ0) is 23.6. The third-order valence-corrected chi connectivity index (χ3v) is 8.38. The smallest absolute Gasteiger partial charge is 0.0636 e. The summed E-state index contributed by atoms with van der Waals surface area (Å²) in [6.45, 7) is 0. The third kappa shape index (κ3) is 2.78. The number of rotatable bonds is 2. The zero-order valence-corrected chi connectivity index (χ0v) is 20.2. The summed E-state index contributed by atoms with van der Waals surface area (Å²) in [5.41, 5.74) is 8.52. The summed E-state index contributed by atoms with van der Waals surface area (Å²) < 4.78 is 2.41. The van der Waals surface area contributed by atoms with Crippen LogP contribution in [0.5, 0.6) is 0 Å². The summed E-state index contributed by atoms with van der Waals surface area (Å²) in [4.78, 5) is 7.34. The van der Waals surface area contributed by atoms with E-state index in [0.29, 0.717) is 0 Å². The molecule has 0 amide bonds. The first-order chi connectivity index (χ1) is 17.9. The summed E-state index contributed by atoms with van der Waals surface area (Å²) in [6, 6.07) is 39.3. The molecule has 0 fully saturated rings. The molecule has 1 aliphatic rings. The second-order valence-corrected chi connectivity index (χ2v) is 10.3. The highest BCUT2D eigenvalue weighted by Crippen LogP contribution is 2.50. The number of hydrogen-bond donors (Lipinski definition) is 0. The van der Waals surface area contributed by atoms with Gasteiger partial charge in [0, 0.05) is 55.0 Å². The van der Waals surface area contributed by atoms with Crippen LogP contribution < -0.4 is 0 Å². The minimum absolute atomic E-state index is 1.16. The Balaban J connectivity index is 1.46. The molecular formula is C33H20N2S. The highest BCUT2D eigenvalue weighted by molar-refractivity contribution is 7.99. The maximum Gasteiger partial charge on any atom is 0.0636 e. The van der Waals surface area contributed by atoms with E-state index in [9.17, 15) is 0 Å². The molecule has 0 aliphatic carbocycles. The van der Waals surface area contributed by atoms with Gasteiger partial charge >= 0.3 is 0 Å². The van der Waals surface area contributed by atoms with Crippen molar-refractivity contribution in [3.8, 4) is 27.9 Å². The molecule has 0 saturated heterocycles. The minimum atomic E-state index is 1.16. The van der Waals surface area contributed by atoms with Crippen LogP contribution in [0.15, 0.2) is 131 Å². The van der Waals surface area contributed by atoms with Gasteiger partial charge in [-0.05, 0) is 47.0 Å². The largest absolute Gasteiger partial charge is 0.309 e. The molecule has 0 bridgehead atoms. The maximum atomic E-state index is 4.74. The summed E-state index contributed by atoms with van der Waals surface area (Å²) in [5.74, 6) is 0. The number of aromatic nitrogens is 2. The second kappa shape index (κ2) is 7.58. The normalized spacial score (nSPS) is 12.3. The SMILES string of the molecule is c1ccc(-c2ccc(-n3c4ccccc4c4cc5c6c(cncc6c43)-c3ccccc3S5)cc2)cc1. The lowest BCUT2D eigenvalue weighted by molar-refractivity contribution is 1.18. The molecule has 168 valence electrons. The average molecular weight is 477 g/mol. The zero-order valence-electron chi connectivity index (χ0n) is 19.3. The first-order valence-corrected chi connectivity index (χ1v) is 13.0. The fourth-order valence-corrected chi connectivity index (χ4v) is 6.84. The van der Waals surface area contributed by atoms with Gasteiger partial charge in [-0.25, -0.2) is 0 Å². The number of pyridine rings is 1. The molecule has 0 radical (unpaired) electrons. The van der Waals surface area contributed by atoms with Crippen molar-refractivity contribution in [3.05, 3.63) is 122 Å². The van der Waals surface area contributed by atoms with Crippen LogP contribution in [0.2, 0.25) is 0 Å². The van der Waals surface area contributed by atoms with Gasteiger partial charge in [0.25, 0.3) is 0 Å². The van der Waals surface area contributed by atoms with Crippen LogP contribution in [0.1, 0.15) is 0 Å². The van der Waals surface area contributed by atoms with Crippen molar-refractivity contribution in [1.29, 1.82) is 0 Å². The Morgan fingerprint density at radius 1 is 0.556 bits per heavy atom. The Kier molecular flexibility index (Phi) is 4.19. The Labute approximate surface area is 212 Å². The van der Waals surface area contributed by atoms with Crippen LogP contribution in [0.3, 0.4) is 0 Å². The predicted octanol–water partition coefficient (Wildman–Crippen LogP) is 9.13. The van der Waals surface area contributed by atoms with Crippen LogP contribution >= 0.6 is 11.8 Å². The van der Waals surface area contributed by atoms with Crippen molar-refractivity contribution < 1.29 is 0 Å². The van der Waals surface area contributed by atoms with Gasteiger partial charge in [0.15, 0.2) is 0 Å². The average Bonchev–Trinajstić information content (AvgIpc) is 3.28. The molecule has 1 aliphatic heterocycles. The number of nitrogens with zero attached hydrogens (tertiary/aromatic N) is 2. The molecular weight excluding hydrogens is 456 g/mol. The van der Waals surface area contributed by atoms with Gasteiger partial charge in [-0.15, -0.1) is 0 Å². The molecule has 3 heterocycles. The van der Waals surface area contributed by atoms with E-state index < -0.39 is 0 Å². The van der Waals surface area contributed by atoms with Crippen molar-refractivity contribution in [2.24, 2.45) is 0 Å². The van der Waals surface area contributed by atoms with Gasteiger partial charge in [0.1, 0.15) is 0 Å². The lowest BCUT2D eigenvalue weighted by atomic mass is 9.98. The van der Waals surface area contributed by atoms with Gasteiger partial charge in [-0.2, -0.15) is 0 Å². The van der Waals surface area contributed by atoms with Crippen molar-refractivity contribution in [2.75, 3.05) is 0 Å². The number of benzene rings is 5. The van der Waals surface area contributed by atoms with Gasteiger partial charge in [-0.3, -0.25) is 4.98 Å². The van der Waals surface area contributed by atoms with E-state index in [1.54, 1.807) is 0 Å². The lowest BCUT2D eigenvalue weighted by Crippen LogP contribution is -1.98. The van der Waals surface area contributed by atoms with Crippen LogP contribution in [0.25, 0.3) is 60.5 Å². The van der Waals surface area contributed by atoms with Crippen molar-refractivity contribution >= 4 is 44.3 Å². The number of hydrogen-bond acceptors (Lipinski definition) is 2. The highest BCUT2D eigenvalue weighted by Gasteiger charge is 2.24. The first-order valence-electron chi connectivity index (χ1n) is 12.1. The first kappa shape index (κ1) is 19.9. The molecule has 5 aromatic carbocycles. The fraction of sp³-hybridized carbons (Fsp3) is 0. The van der Waals surface area contributed by atoms with Gasteiger partial charge in [0.05, 0.1) is 11.0 Å². The van der Waals surface area contributed by atoms with Crippen molar-refractivity contribution in [1.82, 2.24) is 9.55 Å². The molecule has 36 heavy (non-hydrogen) atoms. The molecule has 0 atom stereocenters. The van der Waals surface area contributed by atoms with Gasteiger partial charge < -0.3 is 4.57 Å². The molecule has 0 saturated carbocycles. The van der Waals surface area contributed by atoms with E-state index in [-0.39, 0.29) is 0 Å². The Morgan fingerprint density at radius 3 is 2.19 bits per heavy atom. The summed E-state index contributed by atoms with van der Waals surface area (Å²) in [5, 5.41) is 5.03. The summed E-state index contributed by atoms with van der Waals surface area (Å²) in [7, 11) is 0. The van der Waals surface area contributed by atoms with Gasteiger partial charge in [0.2, 0.25) is 0 Å². The second-order valence-electron chi connectivity index (χ2n) is 9.24. The Hall–Kier alpha value is -4.34. The topological polar surface area (TPSA) is 17.8 Å². The van der Waals surface area contributed by atoms with Crippen LogP contribution in [-0.4, -0.2) is 9.55 Å². The fourth-order valence-electron chi connectivity index (χ4n) is 5.67. The Morgan fingerprint density at radius 2 is 1.31 bits per heavy atom. The van der Waals surface area contributed by atoms with E-state index in [0.717, 1.165) is 5.69 Å². The lowest BCUT2D eigenvalue weighted by Gasteiger charge is -2.21. The standard InChI is InChI=1S/C33H20N2S/c1-2-8-21(9-3-1)22-14-16-23(17-15-22)35-29-12-6-4-10-24(29)26-18-31-32-27(19-34-20-28(32)33(26)35)25-11-5-7-13-30(25)36-31/h1-20H. The van der Waals surface area contributed by atoms with Crippen molar-refractivity contribution in [3.63, 3.8) is 0 Å². The molecule has 0 unspecified atom stereocenters. The molecule has 3 heteroatoms. The van der Waals surface area contributed by atoms with E-state index >= 15 is 0 Å².